The van der Waals surface area contributed by atoms with Crippen LogP contribution in [0.5, 0.6) is 0 Å². The molecule has 0 saturated heterocycles. The Morgan fingerprint density at radius 1 is 1.38 bits per heavy atom. The summed E-state index contributed by atoms with van der Waals surface area (Å²) in [7, 11) is 0. The van der Waals surface area contributed by atoms with Gasteiger partial charge in [-0.1, -0.05) is 0 Å². The lowest BCUT2D eigenvalue weighted by Crippen LogP contribution is -1.92. The number of hydrogen-bond acceptors (Lipinski definition) is 2. The average molecular weight is 176 g/mol. The summed E-state index contributed by atoms with van der Waals surface area (Å²) >= 11 is 0. The van der Waals surface area contributed by atoms with Gasteiger partial charge in [-0.3, -0.25) is 4.98 Å². The molecule has 2 rings (SSSR count). The first kappa shape index (κ1) is 7.98. The standard InChI is InChI=1S/C10H9FN2/c1-6-8-3-2-7(11)4-10(8)13-5-9(6)12/h2-5H,12H2,1H3. The van der Waals surface area contributed by atoms with E-state index in [2.05, 4.69) is 4.98 Å². The first-order valence-corrected chi connectivity index (χ1v) is 3.99. The van der Waals surface area contributed by atoms with Gasteiger partial charge >= 0.3 is 0 Å². The number of aryl methyl sites for hydroxylation is 1. The molecule has 2 N–H and O–H groups in total. The molecule has 0 aliphatic carbocycles. The van der Waals surface area contributed by atoms with Crippen molar-refractivity contribution in [2.24, 2.45) is 0 Å². The number of pyridine rings is 1. The van der Waals surface area contributed by atoms with Crippen molar-refractivity contribution >= 4 is 16.6 Å². The van der Waals surface area contributed by atoms with E-state index in [1.807, 2.05) is 6.92 Å². The number of benzene rings is 1. The zero-order valence-corrected chi connectivity index (χ0v) is 7.21. The van der Waals surface area contributed by atoms with Crippen molar-refractivity contribution in [3.8, 4) is 0 Å². The number of nitrogens with zero attached hydrogens (tertiary/aromatic N) is 1. The van der Waals surface area contributed by atoms with Gasteiger partial charge in [0.1, 0.15) is 5.82 Å². The number of fused-ring (bicyclic) bond motifs is 1. The molecular weight excluding hydrogens is 167 g/mol. The highest BCUT2D eigenvalue weighted by Gasteiger charge is 2.02. The highest BCUT2D eigenvalue weighted by molar-refractivity contribution is 5.85. The quantitative estimate of drug-likeness (QED) is 0.668. The molecule has 2 aromatic rings. The second kappa shape index (κ2) is 2.69. The Kier molecular flexibility index (Phi) is 1.65. The molecular formula is C10H9FN2. The van der Waals surface area contributed by atoms with Gasteiger partial charge in [0, 0.05) is 11.5 Å². The van der Waals surface area contributed by atoms with Crippen molar-refractivity contribution in [3.05, 3.63) is 35.8 Å². The van der Waals surface area contributed by atoms with E-state index in [-0.39, 0.29) is 5.82 Å². The van der Waals surface area contributed by atoms with Gasteiger partial charge < -0.3 is 5.73 Å². The van der Waals surface area contributed by atoms with E-state index in [1.54, 1.807) is 12.3 Å². The Hall–Kier alpha value is -1.64. The molecule has 0 bridgehead atoms. The fourth-order valence-electron chi connectivity index (χ4n) is 1.32. The molecule has 0 aliphatic rings. The van der Waals surface area contributed by atoms with Crippen LogP contribution in [0.1, 0.15) is 5.56 Å². The fourth-order valence-corrected chi connectivity index (χ4v) is 1.32. The maximum atomic E-state index is 12.8. The van der Waals surface area contributed by atoms with Gasteiger partial charge in [0.25, 0.3) is 0 Å². The first-order valence-electron chi connectivity index (χ1n) is 3.99. The summed E-state index contributed by atoms with van der Waals surface area (Å²) in [5.74, 6) is -0.274. The monoisotopic (exact) mass is 176 g/mol. The third-order valence-corrected chi connectivity index (χ3v) is 2.14. The van der Waals surface area contributed by atoms with Gasteiger partial charge in [-0.05, 0) is 24.6 Å². The smallest absolute Gasteiger partial charge is 0.125 e. The van der Waals surface area contributed by atoms with Crippen LogP contribution in [0.4, 0.5) is 10.1 Å². The van der Waals surface area contributed by atoms with Crippen LogP contribution in [-0.2, 0) is 0 Å². The molecule has 0 saturated carbocycles. The van der Waals surface area contributed by atoms with E-state index in [0.29, 0.717) is 11.2 Å². The fraction of sp³-hybridized carbons (Fsp3) is 0.100. The Labute approximate surface area is 75.2 Å². The Morgan fingerprint density at radius 3 is 2.92 bits per heavy atom. The summed E-state index contributed by atoms with van der Waals surface area (Å²) in [5, 5.41) is 0.904. The van der Waals surface area contributed by atoms with Crippen molar-refractivity contribution in [3.63, 3.8) is 0 Å². The average Bonchev–Trinajstić information content (AvgIpc) is 2.12. The van der Waals surface area contributed by atoms with E-state index in [0.717, 1.165) is 10.9 Å². The molecule has 0 atom stereocenters. The number of nitrogen functional groups attached to an aromatic ring is 1. The number of nitrogens with two attached hydrogens (primary N) is 1. The highest BCUT2D eigenvalue weighted by Crippen LogP contribution is 2.21. The number of halogens is 1. The SMILES string of the molecule is Cc1c(N)cnc2cc(F)ccc12. The van der Waals surface area contributed by atoms with Crippen molar-refractivity contribution < 1.29 is 4.39 Å². The summed E-state index contributed by atoms with van der Waals surface area (Å²) in [6, 6.07) is 4.52. The minimum atomic E-state index is -0.274. The van der Waals surface area contributed by atoms with Crippen LogP contribution in [0.15, 0.2) is 24.4 Å². The number of hydrogen-bond donors (Lipinski definition) is 1. The molecule has 3 heteroatoms. The van der Waals surface area contributed by atoms with E-state index in [1.165, 1.54) is 12.1 Å². The molecule has 0 aliphatic heterocycles. The first-order chi connectivity index (χ1) is 6.18. The van der Waals surface area contributed by atoms with Crippen LogP contribution >= 0.6 is 0 Å². The van der Waals surface area contributed by atoms with Gasteiger partial charge in [-0.2, -0.15) is 0 Å². The summed E-state index contributed by atoms with van der Waals surface area (Å²) in [4.78, 5) is 4.04. The second-order valence-corrected chi connectivity index (χ2v) is 3.00. The predicted molar refractivity (Wildman–Crippen MR) is 50.9 cm³/mol. The van der Waals surface area contributed by atoms with Crippen molar-refractivity contribution in [2.75, 3.05) is 5.73 Å². The third kappa shape index (κ3) is 1.22. The van der Waals surface area contributed by atoms with Crippen molar-refractivity contribution in [1.82, 2.24) is 4.98 Å². The lowest BCUT2D eigenvalue weighted by molar-refractivity contribution is 0.629. The normalized spacial score (nSPS) is 10.6. The summed E-state index contributed by atoms with van der Waals surface area (Å²) in [6.07, 6.45) is 1.55. The van der Waals surface area contributed by atoms with E-state index in [4.69, 9.17) is 5.73 Å². The van der Waals surface area contributed by atoms with Crippen LogP contribution in [0.3, 0.4) is 0 Å². The lowest BCUT2D eigenvalue weighted by Gasteiger charge is -2.03. The van der Waals surface area contributed by atoms with Crippen LogP contribution in [0.25, 0.3) is 10.9 Å². The van der Waals surface area contributed by atoms with Gasteiger partial charge in [0.15, 0.2) is 0 Å². The minimum Gasteiger partial charge on any atom is -0.397 e. The van der Waals surface area contributed by atoms with Gasteiger partial charge in [0.2, 0.25) is 0 Å². The molecule has 0 fully saturated rings. The Balaban J connectivity index is 2.87. The summed E-state index contributed by atoms with van der Waals surface area (Å²) in [5.41, 5.74) is 7.90. The van der Waals surface area contributed by atoms with Crippen LogP contribution < -0.4 is 5.73 Å². The summed E-state index contributed by atoms with van der Waals surface area (Å²) < 4.78 is 12.8. The molecule has 1 aromatic heterocycles. The molecule has 1 aromatic carbocycles. The minimum absolute atomic E-state index is 0.274. The second-order valence-electron chi connectivity index (χ2n) is 3.00. The van der Waals surface area contributed by atoms with Crippen LogP contribution in [-0.4, -0.2) is 4.98 Å². The molecule has 1 heterocycles. The van der Waals surface area contributed by atoms with Crippen LogP contribution in [0.2, 0.25) is 0 Å². The molecule has 0 unspecified atom stereocenters. The third-order valence-electron chi connectivity index (χ3n) is 2.14. The topological polar surface area (TPSA) is 38.9 Å². The van der Waals surface area contributed by atoms with E-state index < -0.39 is 0 Å². The van der Waals surface area contributed by atoms with Crippen LogP contribution in [0, 0.1) is 12.7 Å². The largest absolute Gasteiger partial charge is 0.397 e. The van der Waals surface area contributed by atoms with Gasteiger partial charge in [-0.25, -0.2) is 4.39 Å². The maximum Gasteiger partial charge on any atom is 0.125 e. The zero-order valence-electron chi connectivity index (χ0n) is 7.21. The van der Waals surface area contributed by atoms with E-state index >= 15 is 0 Å². The molecule has 13 heavy (non-hydrogen) atoms. The molecule has 0 amide bonds. The Bertz CT molecular complexity index is 466. The number of rotatable bonds is 0. The Morgan fingerprint density at radius 2 is 2.15 bits per heavy atom. The maximum absolute atomic E-state index is 12.8. The molecule has 66 valence electrons. The molecule has 0 spiro atoms. The number of aromatic nitrogens is 1. The zero-order chi connectivity index (χ0) is 9.42. The predicted octanol–water partition coefficient (Wildman–Crippen LogP) is 2.26. The number of anilines is 1. The van der Waals surface area contributed by atoms with Gasteiger partial charge in [-0.15, -0.1) is 0 Å². The van der Waals surface area contributed by atoms with Gasteiger partial charge in [0.05, 0.1) is 17.4 Å². The van der Waals surface area contributed by atoms with Crippen molar-refractivity contribution in [2.45, 2.75) is 6.92 Å². The van der Waals surface area contributed by atoms with E-state index in [9.17, 15) is 4.39 Å². The molecule has 2 nitrogen and oxygen atoms in total. The summed E-state index contributed by atoms with van der Waals surface area (Å²) in [6.45, 7) is 1.90. The molecule has 0 radical (unpaired) electrons. The van der Waals surface area contributed by atoms with Crippen molar-refractivity contribution in [1.29, 1.82) is 0 Å². The lowest BCUT2D eigenvalue weighted by atomic mass is 10.1. The highest BCUT2D eigenvalue weighted by atomic mass is 19.1.